The van der Waals surface area contributed by atoms with Gasteiger partial charge in [-0.05, 0) is 25.3 Å². The molecule has 0 atom stereocenters. The Morgan fingerprint density at radius 3 is 2.64 bits per heavy atom. The van der Waals surface area contributed by atoms with E-state index >= 15 is 0 Å². The van der Waals surface area contributed by atoms with Crippen LogP contribution >= 0.6 is 22.7 Å². The van der Waals surface area contributed by atoms with Crippen molar-refractivity contribution in [2.75, 3.05) is 30.4 Å². The molecule has 4 heterocycles. The van der Waals surface area contributed by atoms with Crippen LogP contribution in [0.2, 0.25) is 0 Å². The number of rotatable bonds is 4. The number of fused-ring (bicyclic) bond motifs is 1. The fraction of sp³-hybridized carbons (Fsp3) is 0.375. The Hall–Kier alpha value is -2.26. The first kappa shape index (κ1) is 16.2. The number of nitrogens with one attached hydrogen (secondary N) is 1. The van der Waals surface area contributed by atoms with Gasteiger partial charge in [0, 0.05) is 13.1 Å². The van der Waals surface area contributed by atoms with Crippen LogP contribution in [0.4, 0.5) is 10.8 Å². The second-order valence-corrected chi connectivity index (χ2v) is 8.03. The van der Waals surface area contributed by atoms with Crippen LogP contribution in [0.15, 0.2) is 18.5 Å². The molecule has 3 aromatic heterocycles. The van der Waals surface area contributed by atoms with Crippen LogP contribution in [-0.2, 0) is 0 Å². The van der Waals surface area contributed by atoms with Crippen LogP contribution in [0.25, 0.3) is 9.53 Å². The zero-order valence-electron chi connectivity index (χ0n) is 13.7. The lowest BCUT2D eigenvalue weighted by atomic mass is 10.1. The van der Waals surface area contributed by atoms with E-state index in [1.54, 1.807) is 11.3 Å². The maximum absolute atomic E-state index is 12.4. The molecule has 0 unspecified atom stereocenters. The van der Waals surface area contributed by atoms with E-state index in [1.165, 1.54) is 50.1 Å². The fourth-order valence-corrected chi connectivity index (χ4v) is 4.95. The van der Waals surface area contributed by atoms with Gasteiger partial charge in [-0.15, -0.1) is 11.3 Å². The second kappa shape index (κ2) is 6.93. The van der Waals surface area contributed by atoms with Gasteiger partial charge in [0.05, 0.1) is 35.6 Å². The molecular formula is C16H17N5O2S2. The van der Waals surface area contributed by atoms with Crippen molar-refractivity contribution in [3.05, 3.63) is 23.3 Å². The van der Waals surface area contributed by atoms with E-state index in [2.05, 4.69) is 20.2 Å². The largest absolute Gasteiger partial charge is 0.467 e. The van der Waals surface area contributed by atoms with Gasteiger partial charge in [0.2, 0.25) is 0 Å². The average molecular weight is 375 g/mol. The first-order chi connectivity index (χ1) is 12.2. The molecule has 9 heteroatoms. The zero-order valence-corrected chi connectivity index (χ0v) is 15.3. The van der Waals surface area contributed by atoms with Crippen molar-refractivity contribution in [1.29, 1.82) is 0 Å². The molecule has 0 aliphatic carbocycles. The predicted octanol–water partition coefficient (Wildman–Crippen LogP) is 3.40. The van der Waals surface area contributed by atoms with Crippen LogP contribution < -0.4 is 15.0 Å². The Morgan fingerprint density at radius 2 is 1.96 bits per heavy atom. The van der Waals surface area contributed by atoms with Crippen molar-refractivity contribution in [2.24, 2.45) is 0 Å². The third-order valence-electron chi connectivity index (χ3n) is 4.00. The van der Waals surface area contributed by atoms with E-state index < -0.39 is 0 Å². The normalized spacial score (nSPS) is 14.7. The minimum Gasteiger partial charge on any atom is -0.467 e. The molecule has 1 aliphatic rings. The summed E-state index contributed by atoms with van der Waals surface area (Å²) in [5, 5.41) is 3.86. The number of methoxy groups -OCH3 is 1. The molecule has 4 rings (SSSR count). The lowest BCUT2D eigenvalue weighted by molar-refractivity contribution is 0.103. The number of hydrogen-bond donors (Lipinski definition) is 1. The summed E-state index contributed by atoms with van der Waals surface area (Å²) in [7, 11) is 1.50. The lowest BCUT2D eigenvalue weighted by Crippen LogP contribution is -2.29. The SMILES string of the molecule is COc1ncc(NC(=O)c2cc3nc(N4CCCCC4)sc3s2)cn1. The number of ether oxygens (including phenoxy) is 1. The molecule has 130 valence electrons. The first-order valence-electron chi connectivity index (χ1n) is 8.05. The second-order valence-electron chi connectivity index (χ2n) is 5.74. The van der Waals surface area contributed by atoms with Crippen molar-refractivity contribution in [1.82, 2.24) is 15.0 Å². The van der Waals surface area contributed by atoms with Gasteiger partial charge < -0.3 is 15.0 Å². The summed E-state index contributed by atoms with van der Waals surface area (Å²) in [6.45, 7) is 2.15. The van der Waals surface area contributed by atoms with E-state index in [1.807, 2.05) is 6.07 Å². The monoisotopic (exact) mass is 375 g/mol. The molecular weight excluding hydrogens is 358 g/mol. The van der Waals surface area contributed by atoms with Gasteiger partial charge in [-0.25, -0.2) is 15.0 Å². The molecule has 1 aliphatic heterocycles. The van der Waals surface area contributed by atoms with Gasteiger partial charge in [0.25, 0.3) is 5.91 Å². The molecule has 1 amide bonds. The highest BCUT2D eigenvalue weighted by Crippen LogP contribution is 2.36. The Kier molecular flexibility index (Phi) is 4.50. The van der Waals surface area contributed by atoms with Crippen LogP contribution in [-0.4, -0.2) is 41.1 Å². The summed E-state index contributed by atoms with van der Waals surface area (Å²) in [6.07, 6.45) is 6.80. The number of carbonyl (C=O) groups is 1. The van der Waals surface area contributed by atoms with Gasteiger partial charge in [-0.2, -0.15) is 0 Å². The van der Waals surface area contributed by atoms with Crippen LogP contribution in [0, 0.1) is 0 Å². The highest BCUT2D eigenvalue weighted by atomic mass is 32.2. The highest BCUT2D eigenvalue weighted by molar-refractivity contribution is 7.40. The summed E-state index contributed by atoms with van der Waals surface area (Å²) in [5.41, 5.74) is 1.43. The topological polar surface area (TPSA) is 80.2 Å². The van der Waals surface area contributed by atoms with Crippen LogP contribution in [0.1, 0.15) is 28.9 Å². The number of carbonyl (C=O) groups excluding carboxylic acids is 1. The number of anilines is 2. The van der Waals surface area contributed by atoms with E-state index in [0.29, 0.717) is 10.6 Å². The smallest absolute Gasteiger partial charge is 0.316 e. The quantitative estimate of drug-likeness (QED) is 0.753. The lowest BCUT2D eigenvalue weighted by Gasteiger charge is -2.25. The van der Waals surface area contributed by atoms with E-state index in [9.17, 15) is 4.79 Å². The van der Waals surface area contributed by atoms with Crippen molar-refractivity contribution in [3.63, 3.8) is 0 Å². The van der Waals surface area contributed by atoms with Gasteiger partial charge in [0.15, 0.2) is 5.13 Å². The maximum Gasteiger partial charge on any atom is 0.316 e. The number of thiazole rings is 1. The molecule has 0 spiro atoms. The molecule has 0 radical (unpaired) electrons. The van der Waals surface area contributed by atoms with E-state index in [-0.39, 0.29) is 11.9 Å². The summed E-state index contributed by atoms with van der Waals surface area (Å²) in [6, 6.07) is 2.12. The standard InChI is InChI=1S/C16H17N5O2S2/c1-23-15-17-8-10(9-18-15)19-13(22)12-7-11-14(24-12)25-16(20-11)21-5-3-2-4-6-21/h7-9H,2-6H2,1H3,(H,19,22). The summed E-state index contributed by atoms with van der Waals surface area (Å²) < 4.78 is 5.99. The van der Waals surface area contributed by atoms with Gasteiger partial charge in [-0.3, -0.25) is 4.79 Å². The minimum atomic E-state index is -0.177. The number of amides is 1. The highest BCUT2D eigenvalue weighted by Gasteiger charge is 2.18. The number of hydrogen-bond acceptors (Lipinski definition) is 8. The Labute approximate surface area is 152 Å². The number of aromatic nitrogens is 3. The molecule has 0 saturated carbocycles. The van der Waals surface area contributed by atoms with Crippen LogP contribution in [0.3, 0.4) is 0 Å². The van der Waals surface area contributed by atoms with Gasteiger partial charge in [-0.1, -0.05) is 11.3 Å². The number of thiophene rings is 1. The van der Waals surface area contributed by atoms with Crippen molar-refractivity contribution < 1.29 is 9.53 Å². The molecule has 1 N–H and O–H groups in total. The molecule has 1 saturated heterocycles. The summed E-state index contributed by atoms with van der Waals surface area (Å²) >= 11 is 3.13. The van der Waals surface area contributed by atoms with E-state index in [4.69, 9.17) is 9.72 Å². The Balaban J connectivity index is 1.48. The molecule has 3 aromatic rings. The maximum atomic E-state index is 12.4. The first-order valence-corrected chi connectivity index (χ1v) is 9.69. The van der Waals surface area contributed by atoms with Gasteiger partial charge >= 0.3 is 6.01 Å². The van der Waals surface area contributed by atoms with Crippen LogP contribution in [0.5, 0.6) is 6.01 Å². The van der Waals surface area contributed by atoms with E-state index in [0.717, 1.165) is 27.8 Å². The number of nitrogens with zero attached hydrogens (tertiary/aromatic N) is 4. The average Bonchev–Trinajstić information content (AvgIpc) is 3.22. The third kappa shape index (κ3) is 3.42. The molecule has 0 aromatic carbocycles. The van der Waals surface area contributed by atoms with Crippen molar-refractivity contribution >= 4 is 48.9 Å². The summed E-state index contributed by atoms with van der Waals surface area (Å²) in [4.78, 5) is 28.0. The zero-order chi connectivity index (χ0) is 17.2. The third-order valence-corrected chi connectivity index (χ3v) is 6.34. The fourth-order valence-electron chi connectivity index (χ4n) is 2.74. The minimum absolute atomic E-state index is 0.177. The Bertz CT molecular complexity index is 852. The summed E-state index contributed by atoms with van der Waals surface area (Å²) in [5.74, 6) is -0.177. The molecule has 0 bridgehead atoms. The molecule has 25 heavy (non-hydrogen) atoms. The predicted molar refractivity (Wildman–Crippen MR) is 100 cm³/mol. The van der Waals surface area contributed by atoms with Crippen molar-refractivity contribution in [3.8, 4) is 6.01 Å². The number of piperidine rings is 1. The van der Waals surface area contributed by atoms with Gasteiger partial charge in [0.1, 0.15) is 4.01 Å². The Morgan fingerprint density at radius 1 is 1.20 bits per heavy atom. The van der Waals surface area contributed by atoms with Crippen molar-refractivity contribution in [2.45, 2.75) is 19.3 Å². The molecule has 7 nitrogen and oxygen atoms in total. The molecule has 1 fully saturated rings.